The maximum absolute atomic E-state index is 12.0. The summed E-state index contributed by atoms with van der Waals surface area (Å²) < 4.78 is 0. The number of rotatable bonds is 2. The number of anilines is 3. The summed E-state index contributed by atoms with van der Waals surface area (Å²) in [4.78, 5) is 25.3. The van der Waals surface area contributed by atoms with Gasteiger partial charge in [-0.2, -0.15) is 0 Å². The minimum atomic E-state index is -0.304. The van der Waals surface area contributed by atoms with Crippen molar-refractivity contribution in [2.75, 3.05) is 22.6 Å². The van der Waals surface area contributed by atoms with Crippen LogP contribution in [0.25, 0.3) is 0 Å². The van der Waals surface area contributed by atoms with Gasteiger partial charge >= 0.3 is 6.03 Å². The van der Waals surface area contributed by atoms with Crippen molar-refractivity contribution < 1.29 is 9.59 Å². The molecule has 0 fully saturated rings. The van der Waals surface area contributed by atoms with Crippen molar-refractivity contribution in [3.63, 3.8) is 0 Å². The first-order valence-corrected chi connectivity index (χ1v) is 7.07. The van der Waals surface area contributed by atoms with Crippen molar-refractivity contribution in [1.29, 1.82) is 0 Å². The molecule has 1 aliphatic rings. The molecule has 2 N–H and O–H groups in total. The molecule has 5 heteroatoms. The standard InChI is InChI=1S/C17H17N3O2/c1-11-3-5-13(6-4-11)18-17(22)19-14-7-8-15-12(9-14)10-16(21)20(15)2/h3-9H,10H2,1-2H3,(H2,18,19,22). The van der Waals surface area contributed by atoms with Crippen molar-refractivity contribution in [3.05, 3.63) is 53.6 Å². The minimum Gasteiger partial charge on any atom is -0.315 e. The highest BCUT2D eigenvalue weighted by Gasteiger charge is 2.23. The van der Waals surface area contributed by atoms with E-state index in [4.69, 9.17) is 0 Å². The number of fused-ring (bicyclic) bond motifs is 1. The SMILES string of the molecule is Cc1ccc(NC(=O)Nc2ccc3c(c2)CC(=O)N3C)cc1. The average Bonchev–Trinajstić information content (AvgIpc) is 2.76. The lowest BCUT2D eigenvalue weighted by Crippen LogP contribution is -2.20. The first kappa shape index (κ1) is 14.1. The van der Waals surface area contributed by atoms with Crippen molar-refractivity contribution in [2.45, 2.75) is 13.3 Å². The van der Waals surface area contributed by atoms with Crippen LogP contribution in [0.3, 0.4) is 0 Å². The molecule has 0 atom stereocenters. The van der Waals surface area contributed by atoms with Crippen LogP contribution in [0.2, 0.25) is 0 Å². The average molecular weight is 295 g/mol. The number of urea groups is 1. The van der Waals surface area contributed by atoms with Gasteiger partial charge in [0.25, 0.3) is 0 Å². The van der Waals surface area contributed by atoms with Gasteiger partial charge < -0.3 is 15.5 Å². The van der Waals surface area contributed by atoms with Gasteiger partial charge in [-0.25, -0.2) is 4.79 Å². The van der Waals surface area contributed by atoms with Gasteiger partial charge in [-0.15, -0.1) is 0 Å². The highest BCUT2D eigenvalue weighted by Crippen LogP contribution is 2.29. The molecule has 5 nitrogen and oxygen atoms in total. The molecular formula is C17H17N3O2. The third-order valence-corrected chi connectivity index (χ3v) is 3.72. The van der Waals surface area contributed by atoms with E-state index in [1.165, 1.54) is 0 Å². The van der Waals surface area contributed by atoms with Gasteiger partial charge in [0.15, 0.2) is 0 Å². The molecule has 2 aromatic carbocycles. The summed E-state index contributed by atoms with van der Waals surface area (Å²) >= 11 is 0. The lowest BCUT2D eigenvalue weighted by molar-refractivity contribution is -0.117. The largest absolute Gasteiger partial charge is 0.323 e. The normalized spacial score (nSPS) is 13.0. The number of nitrogens with zero attached hydrogens (tertiary/aromatic N) is 1. The van der Waals surface area contributed by atoms with Gasteiger partial charge in [0.2, 0.25) is 5.91 Å². The molecule has 0 radical (unpaired) electrons. The molecule has 0 saturated heterocycles. The fourth-order valence-corrected chi connectivity index (χ4v) is 2.48. The molecule has 22 heavy (non-hydrogen) atoms. The summed E-state index contributed by atoms with van der Waals surface area (Å²) in [7, 11) is 1.76. The molecule has 3 amide bonds. The molecule has 1 aliphatic heterocycles. The van der Waals surface area contributed by atoms with E-state index in [0.717, 1.165) is 22.5 Å². The van der Waals surface area contributed by atoms with Gasteiger partial charge in [-0.1, -0.05) is 17.7 Å². The van der Waals surface area contributed by atoms with Gasteiger partial charge in [0.05, 0.1) is 6.42 Å². The molecule has 0 bridgehead atoms. The molecule has 2 aromatic rings. The van der Waals surface area contributed by atoms with E-state index in [1.807, 2.05) is 43.3 Å². The molecule has 3 rings (SSSR count). The number of aryl methyl sites for hydroxylation is 1. The predicted molar refractivity (Wildman–Crippen MR) is 87.4 cm³/mol. The molecule has 0 unspecified atom stereocenters. The highest BCUT2D eigenvalue weighted by molar-refractivity contribution is 6.03. The fraction of sp³-hybridized carbons (Fsp3) is 0.176. The Morgan fingerprint density at radius 3 is 2.41 bits per heavy atom. The number of likely N-dealkylation sites (N-methyl/N-ethyl adjacent to an activating group) is 1. The zero-order chi connectivity index (χ0) is 15.7. The summed E-state index contributed by atoms with van der Waals surface area (Å²) in [5.41, 5.74) is 4.37. The maximum atomic E-state index is 12.0. The van der Waals surface area contributed by atoms with E-state index in [9.17, 15) is 9.59 Å². The summed E-state index contributed by atoms with van der Waals surface area (Å²) in [6.45, 7) is 1.99. The van der Waals surface area contributed by atoms with Crippen LogP contribution in [0.1, 0.15) is 11.1 Å². The number of amides is 3. The lowest BCUT2D eigenvalue weighted by Gasteiger charge is -2.11. The van der Waals surface area contributed by atoms with E-state index >= 15 is 0 Å². The third-order valence-electron chi connectivity index (χ3n) is 3.72. The summed E-state index contributed by atoms with van der Waals surface area (Å²) in [6, 6.07) is 12.8. The first-order chi connectivity index (χ1) is 10.5. The zero-order valence-corrected chi connectivity index (χ0v) is 12.5. The Balaban J connectivity index is 1.69. The number of hydrogen-bond donors (Lipinski definition) is 2. The molecular weight excluding hydrogens is 278 g/mol. The minimum absolute atomic E-state index is 0.0660. The lowest BCUT2D eigenvalue weighted by atomic mass is 10.1. The quantitative estimate of drug-likeness (QED) is 0.894. The Hall–Kier alpha value is -2.82. The van der Waals surface area contributed by atoms with Crippen molar-refractivity contribution in [1.82, 2.24) is 0 Å². The van der Waals surface area contributed by atoms with E-state index < -0.39 is 0 Å². The summed E-state index contributed by atoms with van der Waals surface area (Å²) in [5, 5.41) is 5.56. The second-order valence-corrected chi connectivity index (χ2v) is 5.42. The van der Waals surface area contributed by atoms with Crippen LogP contribution in [-0.2, 0) is 11.2 Å². The number of benzene rings is 2. The number of hydrogen-bond acceptors (Lipinski definition) is 2. The summed E-state index contributed by atoms with van der Waals surface area (Å²) in [5.74, 6) is 0.0660. The maximum Gasteiger partial charge on any atom is 0.323 e. The third kappa shape index (κ3) is 2.79. The van der Waals surface area contributed by atoms with E-state index in [-0.39, 0.29) is 11.9 Å². The monoisotopic (exact) mass is 295 g/mol. The van der Waals surface area contributed by atoms with Gasteiger partial charge in [0.1, 0.15) is 0 Å². The smallest absolute Gasteiger partial charge is 0.315 e. The van der Waals surface area contributed by atoms with Gasteiger partial charge in [-0.05, 0) is 42.8 Å². The van der Waals surface area contributed by atoms with Crippen LogP contribution in [-0.4, -0.2) is 19.0 Å². The van der Waals surface area contributed by atoms with Gasteiger partial charge in [-0.3, -0.25) is 4.79 Å². The number of carbonyl (C=O) groups is 2. The van der Waals surface area contributed by atoms with Crippen LogP contribution in [0.15, 0.2) is 42.5 Å². The number of nitrogens with one attached hydrogen (secondary N) is 2. The van der Waals surface area contributed by atoms with E-state index in [1.54, 1.807) is 18.0 Å². The van der Waals surface area contributed by atoms with E-state index in [2.05, 4.69) is 10.6 Å². The second kappa shape index (κ2) is 5.52. The summed E-state index contributed by atoms with van der Waals surface area (Å²) in [6.07, 6.45) is 0.376. The zero-order valence-electron chi connectivity index (χ0n) is 12.5. The Morgan fingerprint density at radius 2 is 1.68 bits per heavy atom. The number of carbonyl (C=O) groups excluding carboxylic acids is 2. The molecule has 1 heterocycles. The topological polar surface area (TPSA) is 61.4 Å². The van der Waals surface area contributed by atoms with Crippen molar-refractivity contribution in [3.8, 4) is 0 Å². The molecule has 112 valence electrons. The van der Waals surface area contributed by atoms with Crippen LogP contribution in [0, 0.1) is 6.92 Å². The second-order valence-electron chi connectivity index (χ2n) is 5.42. The van der Waals surface area contributed by atoms with Crippen LogP contribution >= 0.6 is 0 Å². The predicted octanol–water partition coefficient (Wildman–Crippen LogP) is 3.16. The first-order valence-electron chi connectivity index (χ1n) is 7.07. The Bertz CT molecular complexity index is 738. The fourth-order valence-electron chi connectivity index (χ4n) is 2.48. The molecule has 0 saturated carbocycles. The molecule has 0 aromatic heterocycles. The van der Waals surface area contributed by atoms with Crippen LogP contribution in [0.5, 0.6) is 0 Å². The van der Waals surface area contributed by atoms with Gasteiger partial charge in [0, 0.05) is 24.1 Å². The Kier molecular flexibility index (Phi) is 3.55. The Morgan fingerprint density at radius 1 is 1.05 bits per heavy atom. The molecule has 0 aliphatic carbocycles. The van der Waals surface area contributed by atoms with Crippen molar-refractivity contribution >= 4 is 29.0 Å². The Labute approximate surface area is 128 Å². The molecule has 0 spiro atoms. The van der Waals surface area contributed by atoms with E-state index in [0.29, 0.717) is 12.1 Å². The van der Waals surface area contributed by atoms with Crippen LogP contribution in [0.4, 0.5) is 21.9 Å². The van der Waals surface area contributed by atoms with Crippen LogP contribution < -0.4 is 15.5 Å². The van der Waals surface area contributed by atoms with Crippen molar-refractivity contribution in [2.24, 2.45) is 0 Å². The highest BCUT2D eigenvalue weighted by atomic mass is 16.2.